The molecule has 4 heterocycles. The Labute approximate surface area is 158 Å². The fourth-order valence-corrected chi connectivity index (χ4v) is 4.31. The Morgan fingerprint density at radius 2 is 1.93 bits per heavy atom. The lowest BCUT2D eigenvalue weighted by atomic mass is 9.85. The number of likely N-dealkylation sites (N-methyl/N-ethyl adjacent to an activating group) is 1. The van der Waals surface area contributed by atoms with Crippen molar-refractivity contribution in [2.75, 3.05) is 46.3 Å². The van der Waals surface area contributed by atoms with Crippen LogP contribution in [0.15, 0.2) is 24.4 Å². The number of urea groups is 1. The Morgan fingerprint density at radius 3 is 2.63 bits per heavy atom. The van der Waals surface area contributed by atoms with Crippen molar-refractivity contribution in [2.24, 2.45) is 5.41 Å². The molecule has 8 nitrogen and oxygen atoms in total. The van der Waals surface area contributed by atoms with Crippen molar-refractivity contribution in [2.45, 2.75) is 19.4 Å². The van der Waals surface area contributed by atoms with Gasteiger partial charge in [0, 0.05) is 46.0 Å². The summed E-state index contributed by atoms with van der Waals surface area (Å²) in [7, 11) is 1.74. The topological polar surface area (TPSA) is 77.1 Å². The van der Waals surface area contributed by atoms with Gasteiger partial charge in [-0.25, -0.2) is 4.79 Å². The van der Waals surface area contributed by atoms with Gasteiger partial charge in [-0.1, -0.05) is 6.07 Å². The molecule has 0 aromatic carbocycles. The Hall–Kier alpha value is -2.64. The number of nitrogens with zero attached hydrogens (tertiary/aromatic N) is 5. The molecule has 4 amide bonds. The lowest BCUT2D eigenvalue weighted by molar-refractivity contribution is -0.137. The van der Waals surface area contributed by atoms with Crippen molar-refractivity contribution < 1.29 is 14.4 Å². The summed E-state index contributed by atoms with van der Waals surface area (Å²) in [6, 6.07) is 5.61. The number of likely N-dealkylation sites (tertiary alicyclic amines) is 2. The first-order chi connectivity index (χ1) is 13.0. The minimum absolute atomic E-state index is 0.0634. The molecule has 144 valence electrons. The molecule has 27 heavy (non-hydrogen) atoms. The number of hydrogen-bond acceptors (Lipinski definition) is 4. The van der Waals surface area contributed by atoms with Crippen LogP contribution in [0.3, 0.4) is 0 Å². The number of rotatable bonds is 4. The normalized spacial score (nSPS) is 25.4. The van der Waals surface area contributed by atoms with Crippen LogP contribution in [0.1, 0.15) is 18.5 Å². The van der Waals surface area contributed by atoms with E-state index in [-0.39, 0.29) is 24.4 Å². The molecular formula is C19H25N5O3. The smallest absolute Gasteiger partial charge is 0.320 e. The Bertz CT molecular complexity index is 755. The van der Waals surface area contributed by atoms with Crippen LogP contribution in [0, 0.1) is 5.41 Å². The fourth-order valence-electron chi connectivity index (χ4n) is 4.31. The number of hydrogen-bond donors (Lipinski definition) is 0. The molecule has 0 N–H and O–H groups in total. The van der Waals surface area contributed by atoms with Gasteiger partial charge in [-0.3, -0.25) is 14.6 Å². The van der Waals surface area contributed by atoms with Crippen LogP contribution in [0.5, 0.6) is 0 Å². The Morgan fingerprint density at radius 1 is 1.11 bits per heavy atom. The van der Waals surface area contributed by atoms with Crippen molar-refractivity contribution in [3.63, 3.8) is 0 Å². The van der Waals surface area contributed by atoms with E-state index in [1.54, 1.807) is 27.9 Å². The molecule has 3 aliphatic heterocycles. The molecule has 3 saturated heterocycles. The second kappa shape index (κ2) is 6.83. The molecule has 0 bridgehead atoms. The van der Waals surface area contributed by atoms with Crippen LogP contribution < -0.4 is 0 Å². The highest BCUT2D eigenvalue weighted by atomic mass is 16.2. The van der Waals surface area contributed by atoms with Gasteiger partial charge in [-0.05, 0) is 25.0 Å². The van der Waals surface area contributed by atoms with Gasteiger partial charge in [-0.15, -0.1) is 0 Å². The van der Waals surface area contributed by atoms with Crippen LogP contribution in [0.4, 0.5) is 4.79 Å². The number of carbonyl (C=O) groups excluding carboxylic acids is 3. The third kappa shape index (κ3) is 3.24. The SMILES string of the molecule is CN1CCN(CC(=O)N2CCC3(CCN(Cc4ccccn4)C3=O)C2)C1=O. The predicted molar refractivity (Wildman–Crippen MR) is 97.5 cm³/mol. The van der Waals surface area contributed by atoms with E-state index in [9.17, 15) is 14.4 Å². The second-order valence-electron chi connectivity index (χ2n) is 7.77. The average Bonchev–Trinajstić information content (AvgIpc) is 3.33. The molecule has 0 aliphatic carbocycles. The zero-order chi connectivity index (χ0) is 19.0. The molecule has 0 radical (unpaired) electrons. The first-order valence-corrected chi connectivity index (χ1v) is 9.46. The molecule has 1 aromatic rings. The standard InChI is InChI=1S/C19H25N5O3/c1-21-10-11-23(18(21)27)13-16(25)24-9-6-19(14-24)5-8-22(17(19)26)12-15-4-2-3-7-20-15/h2-4,7H,5-6,8-14H2,1H3. The second-order valence-corrected chi connectivity index (χ2v) is 7.77. The molecule has 1 unspecified atom stereocenters. The van der Waals surface area contributed by atoms with Crippen LogP contribution in [-0.4, -0.2) is 88.7 Å². The quantitative estimate of drug-likeness (QED) is 0.768. The molecule has 1 spiro atoms. The summed E-state index contributed by atoms with van der Waals surface area (Å²) in [5.41, 5.74) is 0.418. The van der Waals surface area contributed by atoms with E-state index in [4.69, 9.17) is 0 Å². The van der Waals surface area contributed by atoms with Crippen LogP contribution in [-0.2, 0) is 16.1 Å². The summed E-state index contributed by atoms with van der Waals surface area (Å²) < 4.78 is 0. The highest BCUT2D eigenvalue weighted by molar-refractivity contribution is 5.89. The van der Waals surface area contributed by atoms with Crippen molar-refractivity contribution in [1.29, 1.82) is 0 Å². The van der Waals surface area contributed by atoms with E-state index < -0.39 is 5.41 Å². The zero-order valence-electron chi connectivity index (χ0n) is 15.6. The summed E-state index contributed by atoms with van der Waals surface area (Å²) in [6.45, 7) is 3.59. The molecule has 3 fully saturated rings. The van der Waals surface area contributed by atoms with Crippen molar-refractivity contribution in [1.82, 2.24) is 24.6 Å². The first kappa shape index (κ1) is 17.8. The van der Waals surface area contributed by atoms with E-state index in [1.807, 2.05) is 23.1 Å². The maximum Gasteiger partial charge on any atom is 0.320 e. The lowest BCUT2D eigenvalue weighted by Crippen LogP contribution is -2.43. The van der Waals surface area contributed by atoms with E-state index >= 15 is 0 Å². The van der Waals surface area contributed by atoms with Crippen LogP contribution >= 0.6 is 0 Å². The number of pyridine rings is 1. The molecular weight excluding hydrogens is 346 g/mol. The van der Waals surface area contributed by atoms with Crippen molar-refractivity contribution in [3.05, 3.63) is 30.1 Å². The molecule has 3 aliphatic rings. The van der Waals surface area contributed by atoms with E-state index in [1.165, 1.54) is 0 Å². The molecule has 8 heteroatoms. The third-order valence-corrected chi connectivity index (χ3v) is 6.02. The van der Waals surface area contributed by atoms with Gasteiger partial charge in [0.25, 0.3) is 0 Å². The number of aromatic nitrogens is 1. The third-order valence-electron chi connectivity index (χ3n) is 6.02. The van der Waals surface area contributed by atoms with Gasteiger partial charge in [0.2, 0.25) is 11.8 Å². The fraction of sp³-hybridized carbons (Fsp3) is 0.579. The maximum absolute atomic E-state index is 13.0. The number of carbonyl (C=O) groups is 3. The van der Waals surface area contributed by atoms with Crippen LogP contribution in [0.25, 0.3) is 0 Å². The maximum atomic E-state index is 13.0. The summed E-state index contributed by atoms with van der Waals surface area (Å²) in [6.07, 6.45) is 3.21. The molecule has 1 aromatic heterocycles. The van der Waals surface area contributed by atoms with Gasteiger partial charge in [0.15, 0.2) is 0 Å². The Balaban J connectivity index is 1.36. The number of amides is 4. The van der Waals surface area contributed by atoms with Gasteiger partial charge >= 0.3 is 6.03 Å². The average molecular weight is 371 g/mol. The van der Waals surface area contributed by atoms with Gasteiger partial charge in [0.05, 0.1) is 17.7 Å². The zero-order valence-corrected chi connectivity index (χ0v) is 15.6. The largest absolute Gasteiger partial charge is 0.340 e. The lowest BCUT2D eigenvalue weighted by Gasteiger charge is -2.25. The summed E-state index contributed by atoms with van der Waals surface area (Å²) >= 11 is 0. The summed E-state index contributed by atoms with van der Waals surface area (Å²) in [5.74, 6) is 0.0620. The van der Waals surface area contributed by atoms with Gasteiger partial charge in [-0.2, -0.15) is 0 Å². The van der Waals surface area contributed by atoms with Crippen LogP contribution in [0.2, 0.25) is 0 Å². The van der Waals surface area contributed by atoms with Gasteiger partial charge in [0.1, 0.15) is 6.54 Å². The highest BCUT2D eigenvalue weighted by Crippen LogP contribution is 2.41. The van der Waals surface area contributed by atoms with Crippen molar-refractivity contribution >= 4 is 17.8 Å². The van der Waals surface area contributed by atoms with E-state index in [0.29, 0.717) is 45.7 Å². The van der Waals surface area contributed by atoms with E-state index in [2.05, 4.69) is 4.98 Å². The summed E-state index contributed by atoms with van der Waals surface area (Å²) in [4.78, 5) is 48.8. The Kier molecular flexibility index (Phi) is 4.49. The predicted octanol–water partition coefficient (Wildman–Crippen LogP) is 0.400. The highest BCUT2D eigenvalue weighted by Gasteiger charge is 2.51. The molecule has 0 saturated carbocycles. The van der Waals surface area contributed by atoms with E-state index in [0.717, 1.165) is 12.1 Å². The summed E-state index contributed by atoms with van der Waals surface area (Å²) in [5, 5.41) is 0. The monoisotopic (exact) mass is 371 g/mol. The van der Waals surface area contributed by atoms with Crippen molar-refractivity contribution in [3.8, 4) is 0 Å². The molecule has 1 atom stereocenters. The molecule has 4 rings (SSSR count). The minimum atomic E-state index is -0.462. The van der Waals surface area contributed by atoms with Gasteiger partial charge < -0.3 is 19.6 Å². The first-order valence-electron chi connectivity index (χ1n) is 9.46. The minimum Gasteiger partial charge on any atom is -0.340 e.